The van der Waals surface area contributed by atoms with Gasteiger partial charge in [0.15, 0.2) is 0 Å². The zero-order valence-electron chi connectivity index (χ0n) is 14.0. The van der Waals surface area contributed by atoms with E-state index in [9.17, 15) is 5.11 Å². The molecule has 0 saturated heterocycles. The molecule has 0 unspecified atom stereocenters. The molecule has 0 spiro atoms. The number of imidazole rings is 1. The summed E-state index contributed by atoms with van der Waals surface area (Å²) in [5, 5.41) is 14.2. The van der Waals surface area contributed by atoms with Crippen LogP contribution in [-0.4, -0.2) is 22.9 Å². The molecule has 0 saturated carbocycles. The van der Waals surface area contributed by atoms with Crippen molar-refractivity contribution in [2.24, 2.45) is 0 Å². The molecule has 0 radical (unpaired) electrons. The van der Waals surface area contributed by atoms with Crippen LogP contribution in [0.3, 0.4) is 0 Å². The Morgan fingerprint density at radius 2 is 1.58 bits per heavy atom. The van der Waals surface area contributed by atoms with Gasteiger partial charge < -0.3 is 10.1 Å². The highest BCUT2D eigenvalue weighted by Gasteiger charge is 2.14. The van der Waals surface area contributed by atoms with Crippen LogP contribution in [0.1, 0.15) is 0 Å². The van der Waals surface area contributed by atoms with Crippen molar-refractivity contribution >= 4 is 61.8 Å². The van der Waals surface area contributed by atoms with Gasteiger partial charge in [-0.3, -0.25) is 0 Å². The molecule has 0 fully saturated rings. The van der Waals surface area contributed by atoms with E-state index in [1.165, 1.54) is 16.2 Å². The van der Waals surface area contributed by atoms with Crippen LogP contribution in [0.4, 0.5) is 0 Å². The number of rotatable bonds is 1. The van der Waals surface area contributed by atoms with E-state index >= 15 is 0 Å². The summed E-state index contributed by atoms with van der Waals surface area (Å²) in [7, 11) is 2.11. The quantitative estimate of drug-likeness (QED) is 0.326. The summed E-state index contributed by atoms with van der Waals surface area (Å²) in [4.78, 5) is 8.39. The lowest BCUT2D eigenvalue weighted by Gasteiger charge is -2.07. The van der Waals surface area contributed by atoms with Crippen molar-refractivity contribution in [3.8, 4) is 17.1 Å². The molecule has 2 N–H and O–H groups in total. The number of nitrogens with zero attached hydrogens (tertiary/aromatic N) is 1. The predicted octanol–water partition coefficient (Wildman–Crippen LogP) is 4.26. The predicted molar refractivity (Wildman–Crippen MR) is 114 cm³/mol. The zero-order chi connectivity index (χ0) is 17.8. The molecule has 0 aliphatic rings. The molecule has 5 aromatic rings. The summed E-state index contributed by atoms with van der Waals surface area (Å²) in [6, 6.07) is 20.0. The maximum Gasteiger partial charge on any atom is 0.139 e. The summed E-state index contributed by atoms with van der Waals surface area (Å²) < 4.78 is 1.06. The van der Waals surface area contributed by atoms with Gasteiger partial charge >= 0.3 is 0 Å². The van der Waals surface area contributed by atoms with Crippen molar-refractivity contribution < 1.29 is 5.11 Å². The number of benzene rings is 4. The maximum atomic E-state index is 9.54. The lowest BCUT2D eigenvalue weighted by atomic mass is 9.91. The van der Waals surface area contributed by atoms with Gasteiger partial charge in [-0.05, 0) is 47.2 Å². The molecule has 0 aliphatic carbocycles. The van der Waals surface area contributed by atoms with E-state index in [4.69, 9.17) is 4.98 Å². The van der Waals surface area contributed by atoms with E-state index in [0.717, 1.165) is 37.7 Å². The average Bonchev–Trinajstić information content (AvgIpc) is 3.07. The van der Waals surface area contributed by atoms with Crippen LogP contribution in [0, 0.1) is 0 Å². The number of aromatic nitrogens is 2. The van der Waals surface area contributed by atoms with Crippen molar-refractivity contribution in [1.29, 1.82) is 0 Å². The van der Waals surface area contributed by atoms with Gasteiger partial charge in [0, 0.05) is 20.8 Å². The largest absolute Gasteiger partial charge is 0.508 e. The molecule has 0 atom stereocenters. The lowest BCUT2D eigenvalue weighted by molar-refractivity contribution is 0.475. The van der Waals surface area contributed by atoms with E-state index in [0.29, 0.717) is 0 Å². The highest BCUT2D eigenvalue weighted by Crippen LogP contribution is 2.36. The first kappa shape index (κ1) is 15.5. The number of hydrogen-bond donors (Lipinski definition) is 2. The van der Waals surface area contributed by atoms with Gasteiger partial charge in [0.1, 0.15) is 19.4 Å². The number of halogens is 1. The van der Waals surface area contributed by atoms with Gasteiger partial charge in [0.05, 0.1) is 11.0 Å². The van der Waals surface area contributed by atoms with Gasteiger partial charge in [-0.1, -0.05) is 45.7 Å². The monoisotopic (exact) mass is 400 g/mol. The van der Waals surface area contributed by atoms with Crippen LogP contribution in [0.5, 0.6) is 5.75 Å². The second kappa shape index (κ2) is 5.61. The van der Waals surface area contributed by atoms with Crippen LogP contribution in [0.15, 0.2) is 65.1 Å². The number of hydrogen-bond acceptors (Lipinski definition) is 2. The third-order valence-corrected chi connectivity index (χ3v) is 5.31. The molecule has 5 heteroatoms. The molecule has 1 aromatic heterocycles. The number of aromatic hydroxyl groups is 1. The number of aromatic amines is 1. The summed E-state index contributed by atoms with van der Waals surface area (Å²) in [5.74, 6) is 1.05. The maximum absolute atomic E-state index is 9.54. The standard InChI is InChI=1S/C21H14BBrN2O/c22-12-3-7-15-17(9-12)18-10-13(23)4-8-16(18)20-19(15)24-21(25-20)11-1-5-14(26)6-2-11/h1-10,26H,22H2,(H,24,25). The molecule has 4 aromatic carbocycles. The molecule has 0 bridgehead atoms. The fourth-order valence-electron chi connectivity index (χ4n) is 3.56. The Kier molecular flexibility index (Phi) is 3.34. The molecule has 5 rings (SSSR count). The average molecular weight is 401 g/mol. The number of fused-ring (bicyclic) bond motifs is 6. The van der Waals surface area contributed by atoms with Crippen molar-refractivity contribution in [1.82, 2.24) is 9.97 Å². The Morgan fingerprint density at radius 3 is 2.38 bits per heavy atom. The van der Waals surface area contributed by atoms with Gasteiger partial charge in [-0.15, -0.1) is 0 Å². The molecule has 0 amide bonds. The molecular formula is C21H14BBrN2O. The summed E-state index contributed by atoms with van der Waals surface area (Å²) in [5.41, 5.74) is 4.18. The Balaban J connectivity index is 1.94. The molecule has 1 heterocycles. The number of nitrogens with one attached hydrogen (secondary N) is 1. The van der Waals surface area contributed by atoms with Crippen LogP contribution < -0.4 is 5.46 Å². The highest BCUT2D eigenvalue weighted by molar-refractivity contribution is 9.10. The van der Waals surface area contributed by atoms with Crippen LogP contribution in [-0.2, 0) is 0 Å². The van der Waals surface area contributed by atoms with Crippen LogP contribution >= 0.6 is 15.9 Å². The van der Waals surface area contributed by atoms with Gasteiger partial charge in [0.2, 0.25) is 0 Å². The molecule has 0 aliphatic heterocycles. The minimum atomic E-state index is 0.251. The Morgan fingerprint density at radius 1 is 0.846 bits per heavy atom. The molecule has 3 nitrogen and oxygen atoms in total. The number of phenolic OH excluding ortho intramolecular Hbond substituents is 1. The van der Waals surface area contributed by atoms with Crippen molar-refractivity contribution in [3.63, 3.8) is 0 Å². The minimum absolute atomic E-state index is 0.251. The first-order valence-corrected chi connectivity index (χ1v) is 9.20. The van der Waals surface area contributed by atoms with E-state index < -0.39 is 0 Å². The van der Waals surface area contributed by atoms with E-state index in [-0.39, 0.29) is 5.75 Å². The first-order valence-electron chi connectivity index (χ1n) is 8.41. The van der Waals surface area contributed by atoms with E-state index in [1.807, 2.05) is 12.1 Å². The Labute approximate surface area is 159 Å². The van der Waals surface area contributed by atoms with Gasteiger partial charge in [0.25, 0.3) is 0 Å². The second-order valence-electron chi connectivity index (χ2n) is 6.59. The van der Waals surface area contributed by atoms with Gasteiger partial charge in [-0.25, -0.2) is 4.98 Å². The fraction of sp³-hybridized carbons (Fsp3) is 0. The SMILES string of the molecule is Bc1ccc2c(c1)c1cc(Br)ccc1c1[nH]c(-c3ccc(O)cc3)nc21. The van der Waals surface area contributed by atoms with Crippen molar-refractivity contribution in [2.75, 3.05) is 0 Å². The Hall–Kier alpha value is -2.79. The topological polar surface area (TPSA) is 48.9 Å². The van der Waals surface area contributed by atoms with Gasteiger partial charge in [-0.2, -0.15) is 0 Å². The first-order chi connectivity index (χ1) is 12.6. The molecule has 124 valence electrons. The van der Waals surface area contributed by atoms with Crippen molar-refractivity contribution in [3.05, 3.63) is 65.1 Å². The van der Waals surface area contributed by atoms with Crippen LogP contribution in [0.2, 0.25) is 0 Å². The summed E-state index contributed by atoms with van der Waals surface area (Å²) in [6.07, 6.45) is 0. The highest BCUT2D eigenvalue weighted by atomic mass is 79.9. The third-order valence-electron chi connectivity index (χ3n) is 4.82. The normalized spacial score (nSPS) is 11.6. The molecule has 26 heavy (non-hydrogen) atoms. The number of H-pyrrole nitrogens is 1. The minimum Gasteiger partial charge on any atom is -0.508 e. The lowest BCUT2D eigenvalue weighted by Crippen LogP contribution is -2.00. The second-order valence-corrected chi connectivity index (χ2v) is 7.51. The zero-order valence-corrected chi connectivity index (χ0v) is 15.6. The summed E-state index contributed by atoms with van der Waals surface area (Å²) >= 11 is 3.60. The third kappa shape index (κ3) is 2.31. The van der Waals surface area contributed by atoms with Crippen LogP contribution in [0.25, 0.3) is 44.0 Å². The fourth-order valence-corrected chi connectivity index (χ4v) is 3.92. The summed E-state index contributed by atoms with van der Waals surface area (Å²) in [6.45, 7) is 0. The Bertz CT molecular complexity index is 1230. The molecular weight excluding hydrogens is 387 g/mol. The smallest absolute Gasteiger partial charge is 0.139 e. The van der Waals surface area contributed by atoms with Crippen molar-refractivity contribution in [2.45, 2.75) is 0 Å². The van der Waals surface area contributed by atoms with E-state index in [1.54, 1.807) is 12.1 Å². The number of phenols is 1. The van der Waals surface area contributed by atoms with E-state index in [2.05, 4.69) is 65.2 Å².